The van der Waals surface area contributed by atoms with Gasteiger partial charge in [-0.2, -0.15) is 0 Å². The molecule has 0 saturated heterocycles. The van der Waals surface area contributed by atoms with E-state index in [1.807, 2.05) is 0 Å². The molecule has 4 N–H and O–H groups in total. The number of primary amides is 1. The van der Waals surface area contributed by atoms with Crippen molar-refractivity contribution in [1.29, 1.82) is 0 Å². The van der Waals surface area contributed by atoms with Gasteiger partial charge in [-0.3, -0.25) is 14.9 Å². The summed E-state index contributed by atoms with van der Waals surface area (Å²) >= 11 is 0. The first-order chi connectivity index (χ1) is 8.54. The lowest BCUT2D eigenvalue weighted by molar-refractivity contribution is 0.0933. The molecule has 0 aliphatic heterocycles. The standard InChI is InChI=1S/C12H16FN3O2/c1-8(15-6-5-13)16-12(18)10-4-2-3-9(7-10)11(14)17/h2-4,7-8,15H,5-6H2,1H3,(H2,14,17)(H,16,18)/t8-/m1/s1. The summed E-state index contributed by atoms with van der Waals surface area (Å²) in [6.45, 7) is 1.37. The third-order valence-electron chi connectivity index (χ3n) is 2.30. The minimum atomic E-state index is -0.590. The van der Waals surface area contributed by atoms with Gasteiger partial charge in [0.25, 0.3) is 5.91 Å². The SMILES string of the molecule is C[C@H](NCCF)NC(=O)c1cccc(C(N)=O)c1. The Balaban J connectivity index is 2.66. The minimum absolute atomic E-state index is 0.169. The summed E-state index contributed by atoms with van der Waals surface area (Å²) < 4.78 is 11.9. The fraction of sp³-hybridized carbons (Fsp3) is 0.333. The third kappa shape index (κ3) is 4.14. The van der Waals surface area contributed by atoms with Gasteiger partial charge in [0.1, 0.15) is 6.67 Å². The minimum Gasteiger partial charge on any atom is -0.366 e. The van der Waals surface area contributed by atoms with Crippen molar-refractivity contribution in [3.8, 4) is 0 Å². The molecule has 18 heavy (non-hydrogen) atoms. The smallest absolute Gasteiger partial charge is 0.252 e. The normalized spacial score (nSPS) is 11.9. The molecule has 0 radical (unpaired) electrons. The Hall–Kier alpha value is -1.95. The molecule has 0 unspecified atom stereocenters. The number of nitrogens with two attached hydrogens (primary N) is 1. The van der Waals surface area contributed by atoms with Gasteiger partial charge in [0, 0.05) is 17.7 Å². The van der Waals surface area contributed by atoms with Crippen molar-refractivity contribution in [1.82, 2.24) is 10.6 Å². The van der Waals surface area contributed by atoms with Gasteiger partial charge in [0.2, 0.25) is 5.91 Å². The van der Waals surface area contributed by atoms with Crippen LogP contribution in [0.1, 0.15) is 27.6 Å². The van der Waals surface area contributed by atoms with Gasteiger partial charge in [-0.15, -0.1) is 0 Å². The van der Waals surface area contributed by atoms with E-state index >= 15 is 0 Å². The van der Waals surface area contributed by atoms with Gasteiger partial charge in [0.15, 0.2) is 0 Å². The Morgan fingerprint density at radius 3 is 2.67 bits per heavy atom. The first kappa shape index (κ1) is 14.1. The Morgan fingerprint density at radius 1 is 1.39 bits per heavy atom. The first-order valence-corrected chi connectivity index (χ1v) is 5.54. The maximum Gasteiger partial charge on any atom is 0.252 e. The van der Waals surface area contributed by atoms with Crippen molar-refractivity contribution < 1.29 is 14.0 Å². The van der Waals surface area contributed by atoms with E-state index in [0.29, 0.717) is 5.56 Å². The van der Waals surface area contributed by atoms with Crippen LogP contribution in [0.3, 0.4) is 0 Å². The largest absolute Gasteiger partial charge is 0.366 e. The predicted octanol–water partition coefficient (Wildman–Crippen LogP) is 0.420. The molecule has 6 heteroatoms. The molecule has 1 rings (SSSR count). The van der Waals surface area contributed by atoms with Gasteiger partial charge in [-0.05, 0) is 25.1 Å². The Bertz CT molecular complexity index is 437. The summed E-state index contributed by atoms with van der Waals surface area (Å²) in [5, 5.41) is 5.40. The van der Waals surface area contributed by atoms with Crippen molar-refractivity contribution in [2.24, 2.45) is 5.73 Å². The maximum absolute atomic E-state index is 11.9. The van der Waals surface area contributed by atoms with E-state index in [1.54, 1.807) is 19.1 Å². The highest BCUT2D eigenvalue weighted by Gasteiger charge is 2.10. The van der Waals surface area contributed by atoms with E-state index in [1.165, 1.54) is 12.1 Å². The average molecular weight is 253 g/mol. The Labute approximate surface area is 105 Å². The number of rotatable bonds is 6. The lowest BCUT2D eigenvalue weighted by Crippen LogP contribution is -2.43. The van der Waals surface area contributed by atoms with E-state index < -0.39 is 12.6 Å². The molecule has 0 aliphatic carbocycles. The van der Waals surface area contributed by atoms with Crippen LogP contribution in [0.5, 0.6) is 0 Å². The molecule has 0 aromatic heterocycles. The number of halogens is 1. The molecule has 0 fully saturated rings. The summed E-state index contributed by atoms with van der Waals surface area (Å²) in [5.41, 5.74) is 5.73. The van der Waals surface area contributed by atoms with Gasteiger partial charge >= 0.3 is 0 Å². The molecule has 0 aliphatic rings. The predicted molar refractivity (Wildman–Crippen MR) is 65.9 cm³/mol. The Kier molecular flexibility index (Phi) is 5.26. The molecule has 0 bridgehead atoms. The van der Waals surface area contributed by atoms with Gasteiger partial charge in [-0.1, -0.05) is 6.07 Å². The van der Waals surface area contributed by atoms with Crippen LogP contribution in [-0.4, -0.2) is 31.2 Å². The number of carbonyl (C=O) groups is 2. The van der Waals surface area contributed by atoms with Crippen LogP contribution in [0, 0.1) is 0 Å². The zero-order chi connectivity index (χ0) is 13.5. The number of nitrogens with one attached hydrogen (secondary N) is 2. The Morgan fingerprint density at radius 2 is 2.06 bits per heavy atom. The van der Waals surface area contributed by atoms with E-state index in [4.69, 9.17) is 5.73 Å². The van der Waals surface area contributed by atoms with Crippen molar-refractivity contribution in [2.45, 2.75) is 13.1 Å². The summed E-state index contributed by atoms with van der Waals surface area (Å²) in [6, 6.07) is 6.10. The second-order valence-electron chi connectivity index (χ2n) is 3.78. The lowest BCUT2D eigenvalue weighted by Gasteiger charge is -2.14. The fourth-order valence-corrected chi connectivity index (χ4v) is 1.42. The van der Waals surface area contributed by atoms with Crippen LogP contribution in [0.25, 0.3) is 0 Å². The van der Waals surface area contributed by atoms with Crippen molar-refractivity contribution >= 4 is 11.8 Å². The van der Waals surface area contributed by atoms with Gasteiger partial charge < -0.3 is 11.1 Å². The average Bonchev–Trinajstić information content (AvgIpc) is 2.36. The quantitative estimate of drug-likeness (QED) is 0.642. The van der Waals surface area contributed by atoms with E-state index in [2.05, 4.69) is 10.6 Å². The van der Waals surface area contributed by atoms with Crippen molar-refractivity contribution in [3.05, 3.63) is 35.4 Å². The van der Waals surface area contributed by atoms with Crippen LogP contribution < -0.4 is 16.4 Å². The van der Waals surface area contributed by atoms with Crippen LogP contribution in [0.15, 0.2) is 24.3 Å². The number of benzene rings is 1. The topological polar surface area (TPSA) is 84.2 Å². The second-order valence-corrected chi connectivity index (χ2v) is 3.78. The molecule has 1 aromatic rings. The molecule has 0 saturated carbocycles. The van der Waals surface area contributed by atoms with E-state index in [-0.39, 0.29) is 24.2 Å². The molecule has 1 aromatic carbocycles. The first-order valence-electron chi connectivity index (χ1n) is 5.54. The van der Waals surface area contributed by atoms with Crippen LogP contribution in [0.4, 0.5) is 4.39 Å². The highest BCUT2D eigenvalue weighted by atomic mass is 19.1. The molecular formula is C12H16FN3O2. The van der Waals surface area contributed by atoms with Gasteiger partial charge in [-0.25, -0.2) is 4.39 Å². The molecular weight excluding hydrogens is 237 g/mol. The number of carbonyl (C=O) groups excluding carboxylic acids is 2. The number of alkyl halides is 1. The number of amides is 2. The molecule has 0 heterocycles. The molecule has 2 amide bonds. The third-order valence-corrected chi connectivity index (χ3v) is 2.30. The zero-order valence-electron chi connectivity index (χ0n) is 10.1. The summed E-state index contributed by atoms with van der Waals surface area (Å²) in [6.07, 6.45) is -0.356. The molecule has 0 spiro atoms. The zero-order valence-corrected chi connectivity index (χ0v) is 10.1. The second kappa shape index (κ2) is 6.70. The fourth-order valence-electron chi connectivity index (χ4n) is 1.42. The van der Waals surface area contributed by atoms with Gasteiger partial charge in [0.05, 0.1) is 6.17 Å². The van der Waals surface area contributed by atoms with Crippen LogP contribution in [-0.2, 0) is 0 Å². The molecule has 5 nitrogen and oxygen atoms in total. The van der Waals surface area contributed by atoms with Crippen LogP contribution >= 0.6 is 0 Å². The van der Waals surface area contributed by atoms with Crippen molar-refractivity contribution in [3.63, 3.8) is 0 Å². The molecule has 98 valence electrons. The van der Waals surface area contributed by atoms with Crippen LogP contribution in [0.2, 0.25) is 0 Å². The molecule has 1 atom stereocenters. The van der Waals surface area contributed by atoms with Crippen molar-refractivity contribution in [2.75, 3.05) is 13.2 Å². The maximum atomic E-state index is 11.9. The summed E-state index contributed by atoms with van der Waals surface area (Å²) in [7, 11) is 0. The number of hydrogen-bond acceptors (Lipinski definition) is 3. The van der Waals surface area contributed by atoms with E-state index in [0.717, 1.165) is 0 Å². The summed E-state index contributed by atoms with van der Waals surface area (Å²) in [5.74, 6) is -0.940. The highest BCUT2D eigenvalue weighted by Crippen LogP contribution is 2.04. The lowest BCUT2D eigenvalue weighted by atomic mass is 10.1. The summed E-state index contributed by atoms with van der Waals surface area (Å²) in [4.78, 5) is 22.8. The number of hydrogen-bond donors (Lipinski definition) is 3. The monoisotopic (exact) mass is 253 g/mol. The van der Waals surface area contributed by atoms with E-state index in [9.17, 15) is 14.0 Å². The highest BCUT2D eigenvalue weighted by molar-refractivity contribution is 5.99.